The highest BCUT2D eigenvalue weighted by molar-refractivity contribution is 4.83. The molecule has 0 atom stereocenters. The van der Waals surface area contributed by atoms with Crippen LogP contribution in [-0.2, 0) is 11.2 Å². The van der Waals surface area contributed by atoms with Crippen LogP contribution in [-0.4, -0.2) is 48.2 Å². The maximum absolute atomic E-state index is 8.45. The van der Waals surface area contributed by atoms with Crippen molar-refractivity contribution >= 4 is 0 Å². The molecule has 0 saturated heterocycles. The Balaban J connectivity index is 1.93. The molecule has 0 radical (unpaired) electrons. The molecule has 0 bridgehead atoms. The van der Waals surface area contributed by atoms with Crippen LogP contribution in [0.4, 0.5) is 0 Å². The van der Waals surface area contributed by atoms with Crippen molar-refractivity contribution in [2.24, 2.45) is 0 Å². The molecule has 15 heavy (non-hydrogen) atoms. The fourth-order valence-electron chi connectivity index (χ4n) is 1.07. The van der Waals surface area contributed by atoms with E-state index >= 15 is 0 Å². The van der Waals surface area contributed by atoms with Crippen molar-refractivity contribution in [1.29, 1.82) is 0 Å². The van der Waals surface area contributed by atoms with E-state index in [4.69, 9.17) is 14.4 Å². The number of aliphatic hydroxyl groups is 1. The molecular formula is C9H17N3O3. The highest BCUT2D eigenvalue weighted by atomic mass is 16.5. The first-order valence-corrected chi connectivity index (χ1v) is 5.01. The summed E-state index contributed by atoms with van der Waals surface area (Å²) < 4.78 is 10.0. The highest BCUT2D eigenvalue weighted by Crippen LogP contribution is 1.95. The Bertz CT molecular complexity index is 265. The van der Waals surface area contributed by atoms with Crippen LogP contribution in [0.2, 0.25) is 0 Å². The van der Waals surface area contributed by atoms with E-state index in [0.29, 0.717) is 24.9 Å². The lowest BCUT2D eigenvalue weighted by Crippen LogP contribution is -2.22. The Kier molecular flexibility index (Phi) is 5.91. The smallest absolute Gasteiger partial charge is 0.227 e. The van der Waals surface area contributed by atoms with Gasteiger partial charge in [0.25, 0.3) is 0 Å². The van der Waals surface area contributed by atoms with Crippen LogP contribution in [0.3, 0.4) is 0 Å². The van der Waals surface area contributed by atoms with Crippen molar-refractivity contribution in [3.05, 3.63) is 11.7 Å². The predicted octanol–water partition coefficient (Wildman–Crippen LogP) is -0.481. The van der Waals surface area contributed by atoms with Crippen LogP contribution in [0.25, 0.3) is 0 Å². The molecule has 0 spiro atoms. The van der Waals surface area contributed by atoms with Crippen LogP contribution in [0.5, 0.6) is 0 Å². The number of aliphatic hydroxyl groups excluding tert-OH is 1. The first-order chi connectivity index (χ1) is 7.33. The molecule has 1 rings (SSSR count). The second-order valence-electron chi connectivity index (χ2n) is 3.07. The van der Waals surface area contributed by atoms with Gasteiger partial charge in [-0.25, -0.2) is 0 Å². The minimum atomic E-state index is 0.0707. The molecule has 1 heterocycles. The van der Waals surface area contributed by atoms with E-state index in [1.54, 1.807) is 6.92 Å². The third-order valence-corrected chi connectivity index (χ3v) is 1.74. The Morgan fingerprint density at radius 1 is 1.40 bits per heavy atom. The maximum atomic E-state index is 8.45. The van der Waals surface area contributed by atoms with Gasteiger partial charge in [-0.15, -0.1) is 0 Å². The van der Waals surface area contributed by atoms with E-state index in [2.05, 4.69) is 15.5 Å². The van der Waals surface area contributed by atoms with Crippen LogP contribution in [0, 0.1) is 6.92 Å². The van der Waals surface area contributed by atoms with Gasteiger partial charge in [-0.3, -0.25) is 0 Å². The van der Waals surface area contributed by atoms with Crippen LogP contribution in [0.1, 0.15) is 11.7 Å². The number of aryl methyl sites for hydroxylation is 1. The fraction of sp³-hybridized carbons (Fsp3) is 0.778. The quantitative estimate of drug-likeness (QED) is 0.570. The third kappa shape index (κ3) is 5.46. The van der Waals surface area contributed by atoms with Crippen molar-refractivity contribution < 1.29 is 14.4 Å². The van der Waals surface area contributed by atoms with Crippen molar-refractivity contribution in [3.63, 3.8) is 0 Å². The molecule has 86 valence electrons. The molecule has 0 aliphatic rings. The molecule has 6 nitrogen and oxygen atoms in total. The SMILES string of the molecule is Cc1noc(CCNCCOCCO)n1. The van der Waals surface area contributed by atoms with Crippen LogP contribution >= 0.6 is 0 Å². The molecule has 1 aromatic rings. The Morgan fingerprint density at radius 2 is 2.27 bits per heavy atom. The molecule has 0 aliphatic heterocycles. The van der Waals surface area contributed by atoms with E-state index < -0.39 is 0 Å². The topological polar surface area (TPSA) is 80.4 Å². The third-order valence-electron chi connectivity index (χ3n) is 1.74. The number of nitrogens with zero attached hydrogens (tertiary/aromatic N) is 2. The standard InChI is InChI=1S/C9H17N3O3/c1-8-11-9(15-12-8)2-3-10-4-6-14-7-5-13/h10,13H,2-7H2,1H3. The average molecular weight is 215 g/mol. The van der Waals surface area contributed by atoms with Gasteiger partial charge in [0.1, 0.15) is 0 Å². The van der Waals surface area contributed by atoms with E-state index in [9.17, 15) is 0 Å². The summed E-state index contributed by atoms with van der Waals surface area (Å²) in [5.41, 5.74) is 0. The van der Waals surface area contributed by atoms with E-state index in [-0.39, 0.29) is 6.61 Å². The number of hydrogen-bond donors (Lipinski definition) is 2. The first-order valence-electron chi connectivity index (χ1n) is 5.01. The fourth-order valence-corrected chi connectivity index (χ4v) is 1.07. The molecule has 0 amide bonds. The average Bonchev–Trinajstić information content (AvgIpc) is 2.63. The number of rotatable bonds is 8. The van der Waals surface area contributed by atoms with Gasteiger partial charge in [-0.05, 0) is 6.92 Å². The zero-order valence-corrected chi connectivity index (χ0v) is 8.90. The van der Waals surface area contributed by atoms with E-state index in [1.165, 1.54) is 0 Å². The normalized spacial score (nSPS) is 10.8. The minimum absolute atomic E-state index is 0.0707. The largest absolute Gasteiger partial charge is 0.394 e. The molecule has 0 unspecified atom stereocenters. The molecule has 0 aliphatic carbocycles. The lowest BCUT2D eigenvalue weighted by molar-refractivity contribution is 0.0940. The second-order valence-corrected chi connectivity index (χ2v) is 3.07. The highest BCUT2D eigenvalue weighted by Gasteiger charge is 2.00. The zero-order chi connectivity index (χ0) is 10.9. The van der Waals surface area contributed by atoms with Crippen molar-refractivity contribution in [1.82, 2.24) is 15.5 Å². The summed E-state index contributed by atoms with van der Waals surface area (Å²) in [6.07, 6.45) is 0.723. The van der Waals surface area contributed by atoms with Crippen LogP contribution in [0.15, 0.2) is 4.52 Å². The van der Waals surface area contributed by atoms with Gasteiger partial charge in [0, 0.05) is 19.5 Å². The lowest BCUT2D eigenvalue weighted by Gasteiger charge is -2.03. The molecule has 2 N–H and O–H groups in total. The van der Waals surface area contributed by atoms with Gasteiger partial charge in [0.15, 0.2) is 5.82 Å². The minimum Gasteiger partial charge on any atom is -0.394 e. The van der Waals surface area contributed by atoms with Crippen molar-refractivity contribution in [3.8, 4) is 0 Å². The lowest BCUT2D eigenvalue weighted by atomic mass is 10.4. The monoisotopic (exact) mass is 215 g/mol. The Hall–Kier alpha value is -0.980. The van der Waals surface area contributed by atoms with Crippen molar-refractivity contribution in [2.45, 2.75) is 13.3 Å². The Labute approximate surface area is 88.6 Å². The van der Waals surface area contributed by atoms with Gasteiger partial charge < -0.3 is 19.7 Å². The summed E-state index contributed by atoms with van der Waals surface area (Å²) in [5, 5.41) is 15.3. The predicted molar refractivity (Wildman–Crippen MR) is 53.5 cm³/mol. The first kappa shape index (κ1) is 12.1. The number of ether oxygens (including phenoxy) is 1. The van der Waals surface area contributed by atoms with E-state index in [1.807, 2.05) is 0 Å². The molecule has 1 aromatic heterocycles. The van der Waals surface area contributed by atoms with Gasteiger partial charge in [-0.1, -0.05) is 5.16 Å². The van der Waals surface area contributed by atoms with E-state index in [0.717, 1.165) is 19.5 Å². The van der Waals surface area contributed by atoms with Crippen LogP contribution < -0.4 is 5.32 Å². The van der Waals surface area contributed by atoms with Crippen molar-refractivity contribution in [2.75, 3.05) is 32.9 Å². The summed E-state index contributed by atoms with van der Waals surface area (Å²) >= 11 is 0. The Morgan fingerprint density at radius 3 is 2.93 bits per heavy atom. The second kappa shape index (κ2) is 7.33. The molecule has 0 fully saturated rings. The zero-order valence-electron chi connectivity index (χ0n) is 8.90. The molecular weight excluding hydrogens is 198 g/mol. The summed E-state index contributed by atoms with van der Waals surface area (Å²) in [6, 6.07) is 0. The van der Waals surface area contributed by atoms with Gasteiger partial charge in [0.05, 0.1) is 19.8 Å². The number of hydrogen-bond acceptors (Lipinski definition) is 6. The number of nitrogens with one attached hydrogen (secondary N) is 1. The molecule has 6 heteroatoms. The molecule has 0 aromatic carbocycles. The summed E-state index contributed by atoms with van der Waals surface area (Å²) in [7, 11) is 0. The summed E-state index contributed by atoms with van der Waals surface area (Å²) in [4.78, 5) is 4.08. The van der Waals surface area contributed by atoms with Gasteiger partial charge in [-0.2, -0.15) is 4.98 Å². The maximum Gasteiger partial charge on any atom is 0.227 e. The summed E-state index contributed by atoms with van der Waals surface area (Å²) in [5.74, 6) is 1.31. The van der Waals surface area contributed by atoms with Gasteiger partial charge >= 0.3 is 0 Å². The van der Waals surface area contributed by atoms with Gasteiger partial charge in [0.2, 0.25) is 5.89 Å². The number of aromatic nitrogens is 2. The molecule has 0 saturated carbocycles. The summed E-state index contributed by atoms with van der Waals surface area (Å²) in [6.45, 7) is 4.40.